The van der Waals surface area contributed by atoms with Gasteiger partial charge in [-0.25, -0.2) is 4.79 Å². The van der Waals surface area contributed by atoms with E-state index in [-0.39, 0.29) is 12.6 Å². The van der Waals surface area contributed by atoms with Crippen LogP contribution in [0.1, 0.15) is 30.5 Å². The molecule has 0 radical (unpaired) electrons. The molecular formula is C20H22N2O5. The third-order valence-electron chi connectivity index (χ3n) is 3.86. The molecule has 0 aromatic heterocycles. The lowest BCUT2D eigenvalue weighted by atomic mass is 10.1. The minimum absolute atomic E-state index is 0.0223. The number of amides is 2. The Balaban J connectivity index is 1.93. The van der Waals surface area contributed by atoms with Crippen LogP contribution >= 0.6 is 0 Å². The standard InChI is InChI=1S/C20H22N2O5/c1-14(16-10-6-3-7-11-16)21-19(25)17(12-18(23)24)22-20(26)27-13-15-8-4-2-5-9-15/h2-11,14,17H,12-13H2,1H3,(H,21,25)(H,22,26)(H,23,24)/t14-,17-/m0/s1. The van der Waals surface area contributed by atoms with E-state index in [9.17, 15) is 14.4 Å². The van der Waals surface area contributed by atoms with Crippen molar-refractivity contribution in [2.45, 2.75) is 32.0 Å². The van der Waals surface area contributed by atoms with Gasteiger partial charge in [0.25, 0.3) is 0 Å². The quantitative estimate of drug-likeness (QED) is 0.663. The van der Waals surface area contributed by atoms with Crippen LogP contribution in [0.25, 0.3) is 0 Å². The molecule has 27 heavy (non-hydrogen) atoms. The van der Waals surface area contributed by atoms with Crippen molar-refractivity contribution in [1.29, 1.82) is 0 Å². The summed E-state index contributed by atoms with van der Waals surface area (Å²) in [6.45, 7) is 1.80. The summed E-state index contributed by atoms with van der Waals surface area (Å²) in [5, 5.41) is 14.1. The van der Waals surface area contributed by atoms with Crippen molar-refractivity contribution in [1.82, 2.24) is 10.6 Å². The molecule has 0 aliphatic carbocycles. The number of rotatable bonds is 8. The minimum Gasteiger partial charge on any atom is -0.481 e. The summed E-state index contributed by atoms with van der Waals surface area (Å²) in [6, 6.07) is 16.7. The maximum absolute atomic E-state index is 12.4. The van der Waals surface area contributed by atoms with Crippen molar-refractivity contribution in [3.63, 3.8) is 0 Å². The van der Waals surface area contributed by atoms with Crippen LogP contribution in [0.5, 0.6) is 0 Å². The molecule has 2 atom stereocenters. The number of carbonyl (C=O) groups is 3. The fraction of sp³-hybridized carbons (Fsp3) is 0.250. The lowest BCUT2D eigenvalue weighted by molar-refractivity contribution is -0.140. The average Bonchev–Trinajstić information content (AvgIpc) is 2.67. The molecular weight excluding hydrogens is 348 g/mol. The molecule has 2 aromatic carbocycles. The van der Waals surface area contributed by atoms with Crippen LogP contribution in [0.4, 0.5) is 4.79 Å². The number of carboxylic acids is 1. The maximum atomic E-state index is 12.4. The topological polar surface area (TPSA) is 105 Å². The van der Waals surface area contributed by atoms with E-state index in [1.807, 2.05) is 48.5 Å². The highest BCUT2D eigenvalue weighted by Gasteiger charge is 2.25. The molecule has 142 valence electrons. The molecule has 0 aliphatic rings. The molecule has 0 unspecified atom stereocenters. The Labute approximate surface area is 157 Å². The number of nitrogens with one attached hydrogen (secondary N) is 2. The van der Waals surface area contributed by atoms with E-state index < -0.39 is 30.4 Å². The first kappa shape index (κ1) is 20.0. The zero-order valence-corrected chi connectivity index (χ0v) is 14.9. The van der Waals surface area contributed by atoms with Crippen molar-refractivity contribution in [3.05, 3.63) is 71.8 Å². The van der Waals surface area contributed by atoms with Crippen LogP contribution in [0, 0.1) is 0 Å². The summed E-state index contributed by atoms with van der Waals surface area (Å²) >= 11 is 0. The van der Waals surface area contributed by atoms with Gasteiger partial charge in [-0.15, -0.1) is 0 Å². The van der Waals surface area contributed by atoms with Crippen LogP contribution in [-0.2, 0) is 20.9 Å². The second-order valence-corrected chi connectivity index (χ2v) is 6.00. The van der Waals surface area contributed by atoms with E-state index in [2.05, 4.69) is 10.6 Å². The van der Waals surface area contributed by atoms with Gasteiger partial charge in [0.2, 0.25) is 5.91 Å². The highest BCUT2D eigenvalue weighted by Crippen LogP contribution is 2.11. The number of carbonyl (C=O) groups excluding carboxylic acids is 2. The Morgan fingerprint density at radius 3 is 2.15 bits per heavy atom. The second kappa shape index (κ2) is 9.96. The monoisotopic (exact) mass is 370 g/mol. The van der Waals surface area contributed by atoms with Crippen LogP contribution in [-0.4, -0.2) is 29.1 Å². The summed E-state index contributed by atoms with van der Waals surface area (Å²) in [5.41, 5.74) is 1.65. The lowest BCUT2D eigenvalue weighted by Gasteiger charge is -2.20. The second-order valence-electron chi connectivity index (χ2n) is 6.00. The van der Waals surface area contributed by atoms with Gasteiger partial charge in [0, 0.05) is 0 Å². The van der Waals surface area contributed by atoms with Crippen LogP contribution in [0.15, 0.2) is 60.7 Å². The van der Waals surface area contributed by atoms with E-state index >= 15 is 0 Å². The average molecular weight is 370 g/mol. The van der Waals surface area contributed by atoms with Crippen molar-refractivity contribution in [3.8, 4) is 0 Å². The van der Waals surface area contributed by atoms with E-state index in [0.29, 0.717) is 0 Å². The van der Waals surface area contributed by atoms with Gasteiger partial charge < -0.3 is 20.5 Å². The highest BCUT2D eigenvalue weighted by molar-refractivity contribution is 5.89. The Bertz CT molecular complexity index is 764. The predicted molar refractivity (Wildman–Crippen MR) is 98.8 cm³/mol. The number of benzene rings is 2. The first-order chi connectivity index (χ1) is 13.0. The van der Waals surface area contributed by atoms with Crippen LogP contribution < -0.4 is 10.6 Å². The molecule has 0 spiro atoms. The highest BCUT2D eigenvalue weighted by atomic mass is 16.5. The fourth-order valence-corrected chi connectivity index (χ4v) is 2.43. The Morgan fingerprint density at radius 1 is 0.963 bits per heavy atom. The lowest BCUT2D eigenvalue weighted by Crippen LogP contribution is -2.48. The van der Waals surface area contributed by atoms with Gasteiger partial charge in [-0.2, -0.15) is 0 Å². The molecule has 0 saturated heterocycles. The number of ether oxygens (including phenoxy) is 1. The van der Waals surface area contributed by atoms with Crippen LogP contribution in [0.2, 0.25) is 0 Å². The first-order valence-electron chi connectivity index (χ1n) is 8.50. The SMILES string of the molecule is C[C@H](NC(=O)[C@H](CC(=O)O)NC(=O)OCc1ccccc1)c1ccccc1. The van der Waals surface area contributed by atoms with Gasteiger partial charge in [0.05, 0.1) is 12.5 Å². The Kier molecular flexibility index (Phi) is 7.37. The largest absolute Gasteiger partial charge is 0.481 e. The Morgan fingerprint density at radius 2 is 1.56 bits per heavy atom. The molecule has 0 bridgehead atoms. The number of alkyl carbamates (subject to hydrolysis) is 1. The molecule has 0 fully saturated rings. The van der Waals surface area contributed by atoms with Crippen molar-refractivity contribution in [2.24, 2.45) is 0 Å². The maximum Gasteiger partial charge on any atom is 0.408 e. The fourth-order valence-electron chi connectivity index (χ4n) is 2.43. The smallest absolute Gasteiger partial charge is 0.408 e. The zero-order chi connectivity index (χ0) is 19.6. The van der Waals surface area contributed by atoms with Crippen LogP contribution in [0.3, 0.4) is 0 Å². The number of aliphatic carboxylic acids is 1. The number of hydrogen-bond acceptors (Lipinski definition) is 4. The van der Waals surface area contributed by atoms with Gasteiger partial charge in [0.15, 0.2) is 0 Å². The van der Waals surface area contributed by atoms with E-state index in [1.165, 1.54) is 0 Å². The molecule has 2 amide bonds. The van der Waals surface area contributed by atoms with Gasteiger partial charge in [-0.05, 0) is 18.1 Å². The van der Waals surface area contributed by atoms with E-state index in [4.69, 9.17) is 9.84 Å². The molecule has 3 N–H and O–H groups in total. The van der Waals surface area contributed by atoms with Gasteiger partial charge >= 0.3 is 12.1 Å². The van der Waals surface area contributed by atoms with Gasteiger partial charge in [-0.3, -0.25) is 9.59 Å². The van der Waals surface area contributed by atoms with Crippen molar-refractivity contribution < 1.29 is 24.2 Å². The molecule has 7 nitrogen and oxygen atoms in total. The normalized spacial score (nSPS) is 12.5. The molecule has 7 heteroatoms. The minimum atomic E-state index is -1.24. The molecule has 2 aromatic rings. The summed E-state index contributed by atoms with van der Waals surface area (Å²) in [4.78, 5) is 35.4. The van der Waals surface area contributed by atoms with E-state index in [1.54, 1.807) is 19.1 Å². The Hall–Kier alpha value is -3.35. The third-order valence-corrected chi connectivity index (χ3v) is 3.86. The first-order valence-corrected chi connectivity index (χ1v) is 8.50. The van der Waals surface area contributed by atoms with E-state index in [0.717, 1.165) is 11.1 Å². The molecule has 0 saturated carbocycles. The summed E-state index contributed by atoms with van der Waals surface area (Å²) in [6.07, 6.45) is -1.40. The zero-order valence-electron chi connectivity index (χ0n) is 14.9. The summed E-state index contributed by atoms with van der Waals surface area (Å²) < 4.78 is 5.06. The van der Waals surface area contributed by atoms with Crippen molar-refractivity contribution in [2.75, 3.05) is 0 Å². The van der Waals surface area contributed by atoms with Gasteiger partial charge in [-0.1, -0.05) is 60.7 Å². The summed E-state index contributed by atoms with van der Waals surface area (Å²) in [5.74, 6) is -1.80. The molecule has 2 rings (SSSR count). The number of carboxylic acid groups (broad SMARTS) is 1. The summed E-state index contributed by atoms with van der Waals surface area (Å²) in [7, 11) is 0. The van der Waals surface area contributed by atoms with Crippen molar-refractivity contribution >= 4 is 18.0 Å². The predicted octanol–water partition coefficient (Wildman–Crippen LogP) is 2.63. The molecule has 0 aliphatic heterocycles. The third kappa shape index (κ3) is 6.81. The molecule has 0 heterocycles. The number of hydrogen-bond donors (Lipinski definition) is 3. The van der Waals surface area contributed by atoms with Gasteiger partial charge in [0.1, 0.15) is 12.6 Å².